The van der Waals surface area contributed by atoms with Gasteiger partial charge in [-0.15, -0.1) is 0 Å². The average Bonchev–Trinajstić information content (AvgIpc) is 2.54. The molecule has 0 unspecified atom stereocenters. The molecule has 1 fully saturated rings. The molecule has 0 saturated carbocycles. The van der Waals surface area contributed by atoms with E-state index in [1.54, 1.807) is 0 Å². The van der Waals surface area contributed by atoms with Crippen LogP contribution in [0.4, 0.5) is 0 Å². The molecule has 4 heteroatoms. The number of pyridine rings is 1. The van der Waals surface area contributed by atoms with Gasteiger partial charge in [0.25, 0.3) is 0 Å². The van der Waals surface area contributed by atoms with Crippen molar-refractivity contribution >= 4 is 12.7 Å². The molecule has 0 amide bonds. The molecule has 0 radical (unpaired) electrons. The quantitative estimate of drug-likeness (QED) is 0.681. The van der Waals surface area contributed by atoms with Gasteiger partial charge in [0.05, 0.1) is 20.9 Å². The van der Waals surface area contributed by atoms with Gasteiger partial charge < -0.3 is 9.31 Å². The van der Waals surface area contributed by atoms with Crippen molar-refractivity contribution in [3.8, 4) is 0 Å². The van der Waals surface area contributed by atoms with Crippen LogP contribution in [0, 0.1) is 6.85 Å². The largest absolute Gasteiger partial charge is 0.514 e. The first-order valence-corrected chi connectivity index (χ1v) is 5.12. The van der Waals surface area contributed by atoms with Crippen LogP contribution in [0.25, 0.3) is 0 Å². The third-order valence-corrected chi connectivity index (χ3v) is 3.08. The zero-order valence-electron chi connectivity index (χ0n) is 15.8. The monoisotopic (exact) mass is 225 g/mol. The van der Waals surface area contributed by atoms with E-state index < -0.39 is 43.0 Å². The van der Waals surface area contributed by atoms with E-state index in [9.17, 15) is 0 Å². The maximum Gasteiger partial charge on any atom is 0.514 e. The van der Waals surface area contributed by atoms with Gasteiger partial charge in [-0.3, -0.25) is 4.98 Å². The number of nitrogens with zero attached hydrogens (tertiary/aromatic N) is 1. The van der Waals surface area contributed by atoms with E-state index in [2.05, 4.69) is 4.98 Å². The summed E-state index contributed by atoms with van der Waals surface area (Å²) in [7, 11) is -1.04. The first-order chi connectivity index (χ1) is 9.78. The molecule has 0 bridgehead atoms. The standard InChI is InChI=1S/C12H18BNO2/c1-9-7-6-8-10(14-9)13-15-11(2,3)12(4,5)16-13/h6-8H,1-5H3/i1D3,6D,7D,8D. The second-order valence-electron chi connectivity index (χ2n) is 4.81. The molecule has 1 aliphatic rings. The Kier molecular flexibility index (Phi) is 1.38. The molecule has 0 spiro atoms. The molecule has 1 aliphatic heterocycles. The van der Waals surface area contributed by atoms with Crippen LogP contribution in [-0.2, 0) is 9.31 Å². The highest BCUT2D eigenvalue weighted by Crippen LogP contribution is 2.36. The summed E-state index contributed by atoms with van der Waals surface area (Å²) >= 11 is 0. The lowest BCUT2D eigenvalue weighted by Gasteiger charge is -2.32. The van der Waals surface area contributed by atoms with Crippen molar-refractivity contribution in [2.45, 2.75) is 45.7 Å². The number of rotatable bonds is 1. The van der Waals surface area contributed by atoms with Gasteiger partial charge in [-0.1, -0.05) is 6.04 Å². The first kappa shape index (κ1) is 6.17. The van der Waals surface area contributed by atoms with Gasteiger partial charge in [0.1, 0.15) is 0 Å². The fourth-order valence-electron chi connectivity index (χ4n) is 1.40. The van der Waals surface area contributed by atoms with E-state index in [4.69, 9.17) is 17.5 Å². The highest BCUT2D eigenvalue weighted by Gasteiger charge is 2.52. The topological polar surface area (TPSA) is 31.4 Å². The van der Waals surface area contributed by atoms with Gasteiger partial charge in [-0.2, -0.15) is 0 Å². The first-order valence-electron chi connectivity index (χ1n) is 8.12. The fraction of sp³-hybridized carbons (Fsp3) is 0.583. The minimum Gasteiger partial charge on any atom is -0.398 e. The number of aryl methyl sites for hydroxylation is 1. The molecule has 16 heavy (non-hydrogen) atoms. The molecule has 1 saturated heterocycles. The Labute approximate surface area is 106 Å². The predicted molar refractivity (Wildman–Crippen MR) is 64.7 cm³/mol. The van der Waals surface area contributed by atoms with Crippen molar-refractivity contribution in [3.05, 3.63) is 23.8 Å². The second-order valence-corrected chi connectivity index (χ2v) is 4.81. The van der Waals surface area contributed by atoms with Crippen molar-refractivity contribution in [2.24, 2.45) is 0 Å². The molecule has 1 aromatic rings. The summed E-state index contributed by atoms with van der Waals surface area (Å²) in [5, 5.41) is 0. The van der Waals surface area contributed by atoms with E-state index in [0.717, 1.165) is 0 Å². The highest BCUT2D eigenvalue weighted by atomic mass is 16.7. The Bertz CT molecular complexity index is 601. The van der Waals surface area contributed by atoms with E-state index in [1.807, 2.05) is 27.7 Å². The molecule has 0 aromatic carbocycles. The third kappa shape index (κ3) is 1.87. The summed E-state index contributed by atoms with van der Waals surface area (Å²) in [6.07, 6.45) is 0. The summed E-state index contributed by atoms with van der Waals surface area (Å²) in [4.78, 5) is 3.91. The van der Waals surface area contributed by atoms with Crippen LogP contribution in [-0.4, -0.2) is 23.3 Å². The number of hydrogen-bond donors (Lipinski definition) is 0. The van der Waals surface area contributed by atoms with Gasteiger partial charge in [-0.05, 0) is 46.6 Å². The Morgan fingerprint density at radius 1 is 1.25 bits per heavy atom. The van der Waals surface area contributed by atoms with Crippen LogP contribution < -0.4 is 5.59 Å². The van der Waals surface area contributed by atoms with E-state index in [0.29, 0.717) is 0 Å². The van der Waals surface area contributed by atoms with Gasteiger partial charge in [-0.25, -0.2) is 0 Å². The van der Waals surface area contributed by atoms with Crippen LogP contribution >= 0.6 is 0 Å². The summed E-state index contributed by atoms with van der Waals surface area (Å²) in [5.74, 6) is 0. The van der Waals surface area contributed by atoms with Crippen LogP contribution in [0.1, 0.15) is 41.6 Å². The van der Waals surface area contributed by atoms with Gasteiger partial charge in [0, 0.05) is 9.81 Å². The lowest BCUT2D eigenvalue weighted by atomic mass is 9.84. The average molecular weight is 225 g/mol. The molecule has 1 aromatic heterocycles. The van der Waals surface area contributed by atoms with E-state index >= 15 is 0 Å². The molecule has 0 atom stereocenters. The SMILES string of the molecule is [2H]c1c(B2OC(C)(C)C(C)(C)O2)nc(C([2H])([2H])[2H])c([2H])c1[2H]. The minimum absolute atomic E-state index is 0.0780. The molecule has 3 nitrogen and oxygen atoms in total. The molecular formula is C12H18BNO2. The van der Waals surface area contributed by atoms with Crippen LogP contribution in [0.2, 0.25) is 0 Å². The normalized spacial score (nSPS) is 28.6. The Morgan fingerprint density at radius 2 is 1.88 bits per heavy atom. The maximum absolute atomic E-state index is 7.95. The van der Waals surface area contributed by atoms with E-state index in [1.165, 1.54) is 0 Å². The van der Waals surface area contributed by atoms with Gasteiger partial charge >= 0.3 is 7.12 Å². The smallest absolute Gasteiger partial charge is 0.398 e. The summed E-state index contributed by atoms with van der Waals surface area (Å²) in [6.45, 7) is 4.64. The van der Waals surface area contributed by atoms with Crippen molar-refractivity contribution < 1.29 is 17.5 Å². The Balaban J connectivity index is 2.56. The van der Waals surface area contributed by atoms with Crippen molar-refractivity contribution in [2.75, 3.05) is 0 Å². The summed E-state index contributed by atoms with van der Waals surface area (Å²) in [6, 6.07) is -1.41. The van der Waals surface area contributed by atoms with E-state index in [-0.39, 0.29) is 11.6 Å². The van der Waals surface area contributed by atoms with Crippen LogP contribution in [0.3, 0.4) is 0 Å². The molecule has 0 aliphatic carbocycles. The van der Waals surface area contributed by atoms with Gasteiger partial charge in [0.2, 0.25) is 0 Å². The minimum atomic E-state index is -2.64. The molecular weight excluding hydrogens is 201 g/mol. The van der Waals surface area contributed by atoms with Gasteiger partial charge in [0.15, 0.2) is 0 Å². The Morgan fingerprint density at radius 3 is 2.44 bits per heavy atom. The zero-order valence-corrected chi connectivity index (χ0v) is 9.84. The number of hydrogen-bond acceptors (Lipinski definition) is 3. The molecule has 2 rings (SSSR count). The highest BCUT2D eigenvalue weighted by molar-refractivity contribution is 6.61. The maximum atomic E-state index is 7.95. The fourth-order valence-corrected chi connectivity index (χ4v) is 1.40. The van der Waals surface area contributed by atoms with Crippen molar-refractivity contribution in [3.63, 3.8) is 0 Å². The van der Waals surface area contributed by atoms with Crippen molar-refractivity contribution in [1.29, 1.82) is 0 Å². The molecule has 2 heterocycles. The second kappa shape index (κ2) is 3.57. The number of aromatic nitrogens is 1. The molecule has 0 N–H and O–H groups in total. The summed E-state index contributed by atoms with van der Waals surface area (Å²) in [5.41, 5.74) is -1.94. The lowest BCUT2D eigenvalue weighted by Crippen LogP contribution is -2.41. The molecule has 86 valence electrons. The zero-order chi connectivity index (χ0) is 17.1. The third-order valence-electron chi connectivity index (χ3n) is 3.08. The lowest BCUT2D eigenvalue weighted by molar-refractivity contribution is 0.00578. The van der Waals surface area contributed by atoms with Crippen molar-refractivity contribution in [1.82, 2.24) is 4.98 Å². The predicted octanol–water partition coefficient (Wildman–Crippen LogP) is 1.69. The summed E-state index contributed by atoms with van der Waals surface area (Å²) < 4.78 is 57.2. The van der Waals surface area contributed by atoms with Crippen LogP contribution in [0.5, 0.6) is 0 Å². The Hall–Kier alpha value is -0.865. The van der Waals surface area contributed by atoms with Crippen LogP contribution in [0.15, 0.2) is 18.1 Å².